The van der Waals surface area contributed by atoms with Gasteiger partial charge in [-0.3, -0.25) is 4.79 Å². The molecule has 0 spiro atoms. The summed E-state index contributed by atoms with van der Waals surface area (Å²) in [6.07, 6.45) is 0. The van der Waals surface area contributed by atoms with Gasteiger partial charge < -0.3 is 10.2 Å². The lowest BCUT2D eigenvalue weighted by atomic mass is 10.3. The number of carbonyl (C=O) groups excluding carboxylic acids is 1. The van der Waals surface area contributed by atoms with E-state index >= 15 is 0 Å². The molecule has 1 heterocycles. The summed E-state index contributed by atoms with van der Waals surface area (Å²) in [7, 11) is -2.17. The maximum Gasteiger partial charge on any atom is 0.279 e. The van der Waals surface area contributed by atoms with Gasteiger partial charge in [0.15, 0.2) is 0 Å². The van der Waals surface area contributed by atoms with Gasteiger partial charge in [-0.1, -0.05) is 0 Å². The molecule has 0 radical (unpaired) electrons. The van der Waals surface area contributed by atoms with Crippen molar-refractivity contribution in [3.8, 4) is 0 Å². The second-order valence-electron chi connectivity index (χ2n) is 4.66. The van der Waals surface area contributed by atoms with Gasteiger partial charge in [-0.15, -0.1) is 0 Å². The highest BCUT2D eigenvalue weighted by Crippen LogP contribution is 2.00. The Bertz CT molecular complexity index is 377. The number of nitrogens with one attached hydrogen (secondary N) is 2. The van der Waals surface area contributed by atoms with Crippen molar-refractivity contribution in [1.29, 1.82) is 0 Å². The molecule has 1 fully saturated rings. The molecule has 106 valence electrons. The average molecular weight is 278 g/mol. The lowest BCUT2D eigenvalue weighted by Gasteiger charge is -2.29. The quantitative estimate of drug-likeness (QED) is 0.647. The van der Waals surface area contributed by atoms with Crippen LogP contribution in [0.1, 0.15) is 13.8 Å². The van der Waals surface area contributed by atoms with E-state index in [0.29, 0.717) is 13.1 Å². The molecule has 0 aromatic rings. The standard InChI is InChI=1S/C10H22N4O3S/c1-9(2)12-18(16,17)13(3)8-10(15)14-6-4-11-5-7-14/h9,11-12H,4-8H2,1-3H3. The summed E-state index contributed by atoms with van der Waals surface area (Å²) in [5.41, 5.74) is 0. The van der Waals surface area contributed by atoms with Crippen LogP contribution in [0.15, 0.2) is 0 Å². The van der Waals surface area contributed by atoms with Crippen LogP contribution in [0, 0.1) is 0 Å². The summed E-state index contributed by atoms with van der Waals surface area (Å²) in [5, 5.41) is 3.14. The summed E-state index contributed by atoms with van der Waals surface area (Å²) in [5.74, 6) is -0.159. The van der Waals surface area contributed by atoms with Gasteiger partial charge in [-0.05, 0) is 13.8 Å². The molecule has 0 aromatic heterocycles. The van der Waals surface area contributed by atoms with Crippen molar-refractivity contribution in [2.75, 3.05) is 39.8 Å². The van der Waals surface area contributed by atoms with Crippen molar-refractivity contribution in [2.24, 2.45) is 0 Å². The van der Waals surface area contributed by atoms with Crippen LogP contribution in [0.25, 0.3) is 0 Å². The first-order valence-corrected chi connectivity index (χ1v) is 7.49. The minimum absolute atomic E-state index is 0.123. The Balaban J connectivity index is 2.52. The number of rotatable bonds is 5. The van der Waals surface area contributed by atoms with Gasteiger partial charge >= 0.3 is 0 Å². The number of nitrogens with zero attached hydrogens (tertiary/aromatic N) is 2. The van der Waals surface area contributed by atoms with Crippen molar-refractivity contribution in [3.63, 3.8) is 0 Å². The molecule has 0 saturated carbocycles. The van der Waals surface area contributed by atoms with E-state index in [0.717, 1.165) is 17.4 Å². The Kier molecular flexibility index (Phi) is 5.51. The summed E-state index contributed by atoms with van der Waals surface area (Å²) in [6.45, 7) is 6.13. The molecule has 1 aliphatic heterocycles. The predicted octanol–water partition coefficient (Wildman–Crippen LogP) is -1.41. The Hall–Kier alpha value is -0.700. The highest BCUT2D eigenvalue weighted by molar-refractivity contribution is 7.87. The van der Waals surface area contributed by atoms with E-state index < -0.39 is 10.2 Å². The SMILES string of the molecule is CC(C)NS(=O)(=O)N(C)CC(=O)N1CCNCC1. The normalized spacial score (nSPS) is 17.5. The fourth-order valence-corrected chi connectivity index (χ4v) is 2.73. The molecule has 18 heavy (non-hydrogen) atoms. The van der Waals surface area contributed by atoms with E-state index in [2.05, 4.69) is 10.0 Å². The van der Waals surface area contributed by atoms with Gasteiger partial charge in [0.1, 0.15) is 0 Å². The number of hydrogen-bond acceptors (Lipinski definition) is 4. The van der Waals surface area contributed by atoms with Crippen molar-refractivity contribution in [1.82, 2.24) is 19.2 Å². The Morgan fingerprint density at radius 2 is 1.94 bits per heavy atom. The summed E-state index contributed by atoms with van der Waals surface area (Å²) in [4.78, 5) is 13.6. The van der Waals surface area contributed by atoms with Crippen molar-refractivity contribution >= 4 is 16.1 Å². The molecule has 1 amide bonds. The third kappa shape index (κ3) is 4.52. The van der Waals surface area contributed by atoms with Crippen LogP contribution < -0.4 is 10.0 Å². The first-order valence-electron chi connectivity index (χ1n) is 6.05. The van der Waals surface area contributed by atoms with Gasteiger partial charge in [-0.25, -0.2) is 0 Å². The van der Waals surface area contributed by atoms with Gasteiger partial charge in [0.2, 0.25) is 5.91 Å². The van der Waals surface area contributed by atoms with Crippen LogP contribution >= 0.6 is 0 Å². The minimum atomic E-state index is -3.57. The third-order valence-corrected chi connectivity index (χ3v) is 4.34. The smallest absolute Gasteiger partial charge is 0.279 e. The van der Waals surface area contributed by atoms with E-state index in [4.69, 9.17) is 0 Å². The maximum atomic E-state index is 11.9. The number of hydrogen-bond donors (Lipinski definition) is 2. The number of amides is 1. The van der Waals surface area contributed by atoms with E-state index in [1.54, 1.807) is 18.7 Å². The summed E-state index contributed by atoms with van der Waals surface area (Å²) >= 11 is 0. The Morgan fingerprint density at radius 3 is 2.44 bits per heavy atom. The summed E-state index contributed by atoms with van der Waals surface area (Å²) in [6, 6.07) is -0.188. The second kappa shape index (κ2) is 6.46. The van der Waals surface area contributed by atoms with Crippen molar-refractivity contribution in [3.05, 3.63) is 0 Å². The Morgan fingerprint density at radius 1 is 1.39 bits per heavy atom. The molecule has 8 heteroatoms. The van der Waals surface area contributed by atoms with Crippen LogP contribution in [0.4, 0.5) is 0 Å². The largest absolute Gasteiger partial charge is 0.339 e. The van der Waals surface area contributed by atoms with Gasteiger partial charge in [0.25, 0.3) is 10.2 Å². The maximum absolute atomic E-state index is 11.9. The Labute approximate surface area is 109 Å². The van der Waals surface area contributed by atoms with E-state index in [-0.39, 0.29) is 18.5 Å². The zero-order chi connectivity index (χ0) is 13.8. The molecule has 1 rings (SSSR count). The second-order valence-corrected chi connectivity index (χ2v) is 6.47. The van der Waals surface area contributed by atoms with E-state index in [1.807, 2.05) is 0 Å². The molecule has 0 unspecified atom stereocenters. The molecular formula is C10H22N4O3S. The molecule has 1 aliphatic rings. The van der Waals surface area contributed by atoms with Crippen LogP contribution in [0.2, 0.25) is 0 Å². The topological polar surface area (TPSA) is 81.8 Å². The molecule has 0 bridgehead atoms. The number of likely N-dealkylation sites (N-methyl/N-ethyl adjacent to an activating group) is 1. The van der Waals surface area contributed by atoms with Crippen LogP contribution in [0.5, 0.6) is 0 Å². The van der Waals surface area contributed by atoms with Gasteiger partial charge in [-0.2, -0.15) is 17.4 Å². The van der Waals surface area contributed by atoms with Crippen LogP contribution in [-0.4, -0.2) is 69.3 Å². The third-order valence-electron chi connectivity index (χ3n) is 2.62. The van der Waals surface area contributed by atoms with Crippen molar-refractivity contribution < 1.29 is 13.2 Å². The van der Waals surface area contributed by atoms with Crippen molar-refractivity contribution in [2.45, 2.75) is 19.9 Å². The lowest BCUT2D eigenvalue weighted by molar-refractivity contribution is -0.131. The predicted molar refractivity (Wildman–Crippen MR) is 69.3 cm³/mol. The summed E-state index contributed by atoms with van der Waals surface area (Å²) < 4.78 is 27.1. The van der Waals surface area contributed by atoms with Crippen LogP contribution in [0.3, 0.4) is 0 Å². The van der Waals surface area contributed by atoms with Gasteiger partial charge in [0.05, 0.1) is 6.54 Å². The minimum Gasteiger partial charge on any atom is -0.339 e. The molecule has 2 N–H and O–H groups in total. The monoisotopic (exact) mass is 278 g/mol. The molecule has 0 aromatic carbocycles. The molecule has 0 aliphatic carbocycles. The fourth-order valence-electron chi connectivity index (χ4n) is 1.68. The zero-order valence-electron chi connectivity index (χ0n) is 11.1. The first-order chi connectivity index (χ1) is 8.33. The van der Waals surface area contributed by atoms with Gasteiger partial charge in [0, 0.05) is 39.3 Å². The lowest BCUT2D eigenvalue weighted by Crippen LogP contribution is -2.51. The zero-order valence-corrected chi connectivity index (χ0v) is 12.0. The number of piperazine rings is 1. The molecule has 7 nitrogen and oxygen atoms in total. The molecule has 0 atom stereocenters. The number of carbonyl (C=O) groups is 1. The highest BCUT2D eigenvalue weighted by Gasteiger charge is 2.24. The molecular weight excluding hydrogens is 256 g/mol. The van der Waals surface area contributed by atoms with Crippen LogP contribution in [-0.2, 0) is 15.0 Å². The fraction of sp³-hybridized carbons (Fsp3) is 0.900. The first kappa shape index (κ1) is 15.4. The molecule has 1 saturated heterocycles. The highest BCUT2D eigenvalue weighted by atomic mass is 32.2. The van der Waals surface area contributed by atoms with E-state index in [1.165, 1.54) is 7.05 Å². The average Bonchev–Trinajstić information content (AvgIpc) is 2.28. The van der Waals surface area contributed by atoms with E-state index in [9.17, 15) is 13.2 Å².